The number of pyridine rings is 1. The van der Waals surface area contributed by atoms with Crippen LogP contribution in [0.15, 0.2) is 24.5 Å². The molecular formula is C12H13NO4. The molecule has 90 valence electrons. The zero-order valence-electron chi connectivity index (χ0n) is 9.51. The summed E-state index contributed by atoms with van der Waals surface area (Å²) in [5.41, 5.74) is 0.414. The lowest BCUT2D eigenvalue weighted by molar-refractivity contribution is -0.145. The fraction of sp³-hybridized carbons (Fsp3) is 0.333. The summed E-state index contributed by atoms with van der Waals surface area (Å²) in [6.07, 6.45) is 2.31. The van der Waals surface area contributed by atoms with E-state index in [0.29, 0.717) is 5.56 Å². The Kier molecular flexibility index (Phi) is 5.00. The molecule has 1 heterocycles. The fourth-order valence-electron chi connectivity index (χ4n) is 1.25. The van der Waals surface area contributed by atoms with Gasteiger partial charge in [-0.1, -0.05) is 0 Å². The van der Waals surface area contributed by atoms with Crippen LogP contribution in [0.5, 0.6) is 0 Å². The highest BCUT2D eigenvalue weighted by Gasteiger charge is 2.15. The van der Waals surface area contributed by atoms with Crippen molar-refractivity contribution in [1.82, 2.24) is 4.98 Å². The van der Waals surface area contributed by atoms with E-state index in [0.717, 1.165) is 0 Å². The van der Waals surface area contributed by atoms with Gasteiger partial charge in [0, 0.05) is 18.0 Å². The van der Waals surface area contributed by atoms with Crippen LogP contribution in [0.25, 0.3) is 0 Å². The first-order chi connectivity index (χ1) is 8.13. The smallest absolute Gasteiger partial charge is 0.313 e. The molecule has 1 aromatic rings. The predicted octanol–water partition coefficient (Wildman–Crippen LogP) is 1.18. The fourth-order valence-corrected chi connectivity index (χ4v) is 1.25. The molecule has 0 amide bonds. The van der Waals surface area contributed by atoms with Crippen LogP contribution in [0.4, 0.5) is 0 Å². The molecule has 0 bridgehead atoms. The highest BCUT2D eigenvalue weighted by Crippen LogP contribution is 2.04. The quantitative estimate of drug-likeness (QED) is 0.420. The summed E-state index contributed by atoms with van der Waals surface area (Å²) in [5.74, 6) is -1.35. The van der Waals surface area contributed by atoms with Crippen molar-refractivity contribution in [2.45, 2.75) is 19.8 Å². The highest BCUT2D eigenvalue weighted by molar-refractivity contribution is 6.11. The molecule has 0 aliphatic rings. The Balaban J connectivity index is 2.47. The Morgan fingerprint density at radius 1 is 1.18 bits per heavy atom. The Morgan fingerprint density at radius 3 is 2.41 bits per heavy atom. The van der Waals surface area contributed by atoms with Gasteiger partial charge in [0.25, 0.3) is 0 Å². The minimum atomic E-state index is -0.597. The Morgan fingerprint density at radius 2 is 1.82 bits per heavy atom. The second-order valence-corrected chi connectivity index (χ2v) is 3.36. The topological polar surface area (TPSA) is 73.3 Å². The number of carbonyl (C=O) groups excluding carboxylic acids is 3. The second-order valence-electron chi connectivity index (χ2n) is 3.36. The Hall–Kier alpha value is -2.04. The first-order valence-corrected chi connectivity index (χ1v) is 5.24. The van der Waals surface area contributed by atoms with Crippen LogP contribution in [-0.4, -0.2) is 29.1 Å². The summed E-state index contributed by atoms with van der Waals surface area (Å²) in [5, 5.41) is 0. The molecule has 0 saturated carbocycles. The van der Waals surface area contributed by atoms with Gasteiger partial charge < -0.3 is 4.74 Å². The van der Waals surface area contributed by atoms with Crippen LogP contribution in [0.3, 0.4) is 0 Å². The largest absolute Gasteiger partial charge is 0.466 e. The predicted molar refractivity (Wildman–Crippen MR) is 59.4 cm³/mol. The van der Waals surface area contributed by atoms with Gasteiger partial charge in [0.05, 0.1) is 13.0 Å². The molecule has 0 spiro atoms. The molecule has 0 radical (unpaired) electrons. The maximum absolute atomic E-state index is 11.6. The summed E-state index contributed by atoms with van der Waals surface area (Å²) >= 11 is 0. The number of ether oxygens (including phenoxy) is 1. The first-order valence-electron chi connectivity index (χ1n) is 5.24. The van der Waals surface area contributed by atoms with Gasteiger partial charge in [0.15, 0.2) is 11.6 Å². The lowest BCUT2D eigenvalue weighted by Gasteiger charge is -2.01. The lowest BCUT2D eigenvalue weighted by atomic mass is 10.1. The van der Waals surface area contributed by atoms with Crippen molar-refractivity contribution in [3.63, 3.8) is 0 Å². The summed E-state index contributed by atoms with van der Waals surface area (Å²) in [6, 6.07) is 3.06. The molecule has 0 fully saturated rings. The molecule has 0 aliphatic carbocycles. The van der Waals surface area contributed by atoms with Crippen molar-refractivity contribution in [1.29, 1.82) is 0 Å². The van der Waals surface area contributed by atoms with Gasteiger partial charge >= 0.3 is 5.97 Å². The summed E-state index contributed by atoms with van der Waals surface area (Å²) < 4.78 is 4.62. The maximum Gasteiger partial charge on any atom is 0.313 e. The SMILES string of the molecule is CCOC(=O)CC(=O)CC(=O)c1ccncc1. The van der Waals surface area contributed by atoms with E-state index in [1.54, 1.807) is 6.92 Å². The van der Waals surface area contributed by atoms with E-state index < -0.39 is 11.8 Å². The molecule has 0 unspecified atom stereocenters. The minimum absolute atomic E-state index is 0.227. The maximum atomic E-state index is 11.6. The van der Waals surface area contributed by atoms with Crippen LogP contribution in [-0.2, 0) is 14.3 Å². The number of rotatable bonds is 6. The van der Waals surface area contributed by atoms with E-state index in [1.807, 2.05) is 0 Å². The van der Waals surface area contributed by atoms with E-state index in [1.165, 1.54) is 24.5 Å². The molecule has 1 rings (SSSR count). The molecule has 5 nitrogen and oxygen atoms in total. The molecule has 17 heavy (non-hydrogen) atoms. The number of hydrogen-bond acceptors (Lipinski definition) is 5. The van der Waals surface area contributed by atoms with E-state index in [4.69, 9.17) is 0 Å². The monoisotopic (exact) mass is 235 g/mol. The third-order valence-electron chi connectivity index (χ3n) is 2.01. The standard InChI is InChI=1S/C12H13NO4/c1-2-17-12(16)8-10(14)7-11(15)9-3-5-13-6-4-9/h3-6H,2,7-8H2,1H3. The van der Waals surface area contributed by atoms with Crippen LogP contribution in [0.2, 0.25) is 0 Å². The molecule has 0 aromatic carbocycles. The summed E-state index contributed by atoms with van der Waals surface area (Å²) in [4.78, 5) is 37.7. The van der Waals surface area contributed by atoms with Gasteiger partial charge in [0.1, 0.15) is 6.42 Å². The zero-order chi connectivity index (χ0) is 12.7. The zero-order valence-corrected chi connectivity index (χ0v) is 9.51. The highest BCUT2D eigenvalue weighted by atomic mass is 16.5. The van der Waals surface area contributed by atoms with Crippen molar-refractivity contribution < 1.29 is 19.1 Å². The average molecular weight is 235 g/mol. The van der Waals surface area contributed by atoms with Crippen molar-refractivity contribution >= 4 is 17.5 Å². The van der Waals surface area contributed by atoms with E-state index in [2.05, 4.69) is 9.72 Å². The van der Waals surface area contributed by atoms with Gasteiger partial charge in [-0.2, -0.15) is 0 Å². The third-order valence-corrected chi connectivity index (χ3v) is 2.01. The average Bonchev–Trinajstić information content (AvgIpc) is 2.30. The number of Topliss-reactive ketones (excluding diaryl/α,β-unsaturated/α-hetero) is 2. The summed E-state index contributed by atoms with van der Waals surface area (Å²) in [7, 11) is 0. The number of nitrogens with zero attached hydrogens (tertiary/aromatic N) is 1. The molecule has 0 aliphatic heterocycles. The molecule has 0 saturated heterocycles. The minimum Gasteiger partial charge on any atom is -0.466 e. The molecular weight excluding hydrogens is 222 g/mol. The lowest BCUT2D eigenvalue weighted by Crippen LogP contribution is -2.14. The number of carbonyl (C=O) groups is 3. The molecule has 5 heteroatoms. The number of aromatic nitrogens is 1. The first kappa shape index (κ1) is 13.0. The Bertz CT molecular complexity index is 414. The van der Waals surface area contributed by atoms with E-state index in [9.17, 15) is 14.4 Å². The van der Waals surface area contributed by atoms with Gasteiger partial charge in [-0.25, -0.2) is 0 Å². The Labute approximate surface area is 98.8 Å². The number of ketones is 2. The van der Waals surface area contributed by atoms with Crippen LogP contribution < -0.4 is 0 Å². The van der Waals surface area contributed by atoms with E-state index >= 15 is 0 Å². The van der Waals surface area contributed by atoms with Crippen LogP contribution in [0.1, 0.15) is 30.1 Å². The van der Waals surface area contributed by atoms with Crippen molar-refractivity contribution in [2.75, 3.05) is 6.61 Å². The van der Waals surface area contributed by atoms with Crippen LogP contribution >= 0.6 is 0 Å². The number of esters is 1. The molecule has 0 N–H and O–H groups in total. The van der Waals surface area contributed by atoms with Gasteiger partial charge in [0.2, 0.25) is 0 Å². The normalized spacial score (nSPS) is 9.71. The van der Waals surface area contributed by atoms with Gasteiger partial charge in [-0.05, 0) is 19.1 Å². The van der Waals surface area contributed by atoms with Gasteiger partial charge in [-0.15, -0.1) is 0 Å². The van der Waals surface area contributed by atoms with Crippen molar-refractivity contribution in [2.24, 2.45) is 0 Å². The van der Waals surface area contributed by atoms with Crippen molar-refractivity contribution in [3.8, 4) is 0 Å². The molecule has 0 atom stereocenters. The van der Waals surface area contributed by atoms with Gasteiger partial charge in [-0.3, -0.25) is 19.4 Å². The van der Waals surface area contributed by atoms with Crippen LogP contribution in [0, 0.1) is 0 Å². The van der Waals surface area contributed by atoms with E-state index in [-0.39, 0.29) is 25.2 Å². The summed E-state index contributed by atoms with van der Waals surface area (Å²) in [6.45, 7) is 1.88. The second kappa shape index (κ2) is 6.52. The van der Waals surface area contributed by atoms with Crippen molar-refractivity contribution in [3.05, 3.63) is 30.1 Å². The molecule has 1 aromatic heterocycles. The number of hydrogen-bond donors (Lipinski definition) is 0. The third kappa shape index (κ3) is 4.55.